The van der Waals surface area contributed by atoms with E-state index in [4.69, 9.17) is 32.7 Å². The van der Waals surface area contributed by atoms with Crippen molar-refractivity contribution < 1.29 is 14.3 Å². The molecule has 1 atom stereocenters. The summed E-state index contributed by atoms with van der Waals surface area (Å²) in [6.07, 6.45) is 2.76. The highest BCUT2D eigenvalue weighted by Gasteiger charge is 2.33. The number of carbonyl (C=O) groups excluding carboxylic acids is 1. The van der Waals surface area contributed by atoms with Gasteiger partial charge in [-0.1, -0.05) is 23.2 Å². The molecular weight excluding hydrogens is 515 g/mol. The molecule has 196 valence electrons. The minimum atomic E-state index is -0.588. The molecule has 1 amide bonds. The molecule has 1 saturated heterocycles. The van der Waals surface area contributed by atoms with Crippen molar-refractivity contribution in [1.29, 1.82) is 0 Å². The van der Waals surface area contributed by atoms with Crippen molar-refractivity contribution >= 4 is 29.3 Å². The largest absolute Gasteiger partial charge is 0.444 e. The number of nitrogens with one attached hydrogen (secondary N) is 2. The number of ether oxygens (including phenoxy) is 2. The van der Waals surface area contributed by atoms with Crippen LogP contribution < -0.4 is 15.4 Å². The highest BCUT2D eigenvalue weighted by Crippen LogP contribution is 2.30. The van der Waals surface area contributed by atoms with Crippen LogP contribution in [0.3, 0.4) is 0 Å². The van der Waals surface area contributed by atoms with E-state index in [1.807, 2.05) is 40.0 Å². The molecule has 2 N–H and O–H groups in total. The maximum Gasteiger partial charge on any atom is 0.411 e. The SMILES string of the molecule is CNCc1cc(Oc2cnc(C3CNCCN3C(=O)OC(C)(C)C)nc2)nc(-c2cc(Cl)cc(Cl)c2)c1. The molecule has 0 radical (unpaired) electrons. The molecule has 1 aliphatic heterocycles. The van der Waals surface area contributed by atoms with Gasteiger partial charge in [-0.15, -0.1) is 0 Å². The summed E-state index contributed by atoms with van der Waals surface area (Å²) in [5.74, 6) is 1.29. The Morgan fingerprint density at radius 1 is 1.14 bits per heavy atom. The standard InChI is InChI=1S/C26H30Cl2N6O3/c1-26(2,3)37-25(35)34-6-5-30-15-22(34)24-31-13-20(14-32-24)36-23-8-16(12-29-4)7-21(33-23)17-9-18(27)11-19(28)10-17/h7-11,13-14,22,29-30H,5-6,12,15H2,1-4H3. The van der Waals surface area contributed by atoms with Crippen molar-refractivity contribution in [3.63, 3.8) is 0 Å². The molecule has 1 aromatic carbocycles. The lowest BCUT2D eigenvalue weighted by Gasteiger charge is -2.36. The number of aromatic nitrogens is 3. The number of amides is 1. The summed E-state index contributed by atoms with van der Waals surface area (Å²) in [5, 5.41) is 7.47. The molecule has 3 heterocycles. The number of benzene rings is 1. The number of pyridine rings is 1. The zero-order chi connectivity index (χ0) is 26.6. The normalized spacial score (nSPS) is 15.9. The summed E-state index contributed by atoms with van der Waals surface area (Å²) in [7, 11) is 1.87. The minimum absolute atomic E-state index is 0.353. The van der Waals surface area contributed by atoms with Crippen LogP contribution in [-0.2, 0) is 11.3 Å². The summed E-state index contributed by atoms with van der Waals surface area (Å²) in [6, 6.07) is 8.71. The Morgan fingerprint density at radius 3 is 2.49 bits per heavy atom. The predicted molar refractivity (Wildman–Crippen MR) is 143 cm³/mol. The molecule has 3 aromatic rings. The zero-order valence-corrected chi connectivity index (χ0v) is 22.7. The second-order valence-corrected chi connectivity index (χ2v) is 10.5. The van der Waals surface area contributed by atoms with E-state index in [1.54, 1.807) is 35.5 Å². The van der Waals surface area contributed by atoms with Crippen LogP contribution in [0.25, 0.3) is 11.3 Å². The maximum absolute atomic E-state index is 12.7. The number of hydrogen-bond donors (Lipinski definition) is 2. The second kappa shape index (κ2) is 11.6. The molecule has 2 aromatic heterocycles. The Labute approximate surface area is 226 Å². The quantitative estimate of drug-likeness (QED) is 0.434. The van der Waals surface area contributed by atoms with Gasteiger partial charge >= 0.3 is 6.09 Å². The van der Waals surface area contributed by atoms with Gasteiger partial charge in [-0.2, -0.15) is 0 Å². The van der Waals surface area contributed by atoms with Crippen LogP contribution in [0, 0.1) is 0 Å². The fourth-order valence-corrected chi connectivity index (χ4v) is 4.44. The summed E-state index contributed by atoms with van der Waals surface area (Å²) in [4.78, 5) is 28.0. The summed E-state index contributed by atoms with van der Waals surface area (Å²) >= 11 is 12.4. The van der Waals surface area contributed by atoms with Crippen LogP contribution in [0.15, 0.2) is 42.7 Å². The number of hydrogen-bond acceptors (Lipinski definition) is 8. The maximum atomic E-state index is 12.7. The van der Waals surface area contributed by atoms with Gasteiger partial charge < -0.3 is 20.1 Å². The van der Waals surface area contributed by atoms with Crippen LogP contribution in [0.2, 0.25) is 10.0 Å². The highest BCUT2D eigenvalue weighted by molar-refractivity contribution is 6.35. The van der Waals surface area contributed by atoms with Crippen molar-refractivity contribution in [1.82, 2.24) is 30.5 Å². The number of rotatable bonds is 6. The van der Waals surface area contributed by atoms with Gasteiger partial charge in [0.25, 0.3) is 0 Å². The molecule has 4 rings (SSSR count). The lowest BCUT2D eigenvalue weighted by Crippen LogP contribution is -2.50. The van der Waals surface area contributed by atoms with E-state index in [-0.39, 0.29) is 12.1 Å². The van der Waals surface area contributed by atoms with E-state index in [0.717, 1.165) is 11.1 Å². The van der Waals surface area contributed by atoms with Crippen molar-refractivity contribution in [2.75, 3.05) is 26.7 Å². The Morgan fingerprint density at radius 2 is 1.84 bits per heavy atom. The Balaban J connectivity index is 1.55. The smallest absolute Gasteiger partial charge is 0.411 e. The van der Waals surface area contributed by atoms with Gasteiger partial charge in [0.1, 0.15) is 11.6 Å². The topological polar surface area (TPSA) is 102 Å². The second-order valence-electron chi connectivity index (χ2n) is 9.66. The van der Waals surface area contributed by atoms with E-state index < -0.39 is 5.60 Å². The molecule has 0 aliphatic carbocycles. The molecule has 11 heteroatoms. The fourth-order valence-electron chi connectivity index (χ4n) is 3.91. The number of nitrogens with zero attached hydrogens (tertiary/aromatic N) is 4. The molecule has 1 fully saturated rings. The van der Waals surface area contributed by atoms with Crippen molar-refractivity contribution in [3.05, 3.63) is 64.2 Å². The minimum Gasteiger partial charge on any atom is -0.444 e. The first kappa shape index (κ1) is 27.1. The van der Waals surface area contributed by atoms with Crippen molar-refractivity contribution in [3.8, 4) is 22.9 Å². The van der Waals surface area contributed by atoms with Crippen LogP contribution in [0.5, 0.6) is 11.6 Å². The third-order valence-electron chi connectivity index (χ3n) is 5.44. The monoisotopic (exact) mass is 544 g/mol. The Hall–Kier alpha value is -2.98. The molecule has 9 nitrogen and oxygen atoms in total. The van der Waals surface area contributed by atoms with Crippen LogP contribution in [0.1, 0.15) is 38.2 Å². The van der Waals surface area contributed by atoms with Crippen molar-refractivity contribution in [2.24, 2.45) is 0 Å². The summed E-state index contributed by atoms with van der Waals surface area (Å²) in [6.45, 7) is 7.85. The predicted octanol–water partition coefficient (Wildman–Crippen LogP) is 5.24. The summed E-state index contributed by atoms with van der Waals surface area (Å²) in [5.41, 5.74) is 1.83. The molecular formula is C26H30Cl2N6O3. The number of halogens is 2. The number of carbonyl (C=O) groups is 1. The van der Waals surface area contributed by atoms with E-state index in [1.165, 1.54) is 0 Å². The van der Waals surface area contributed by atoms with Gasteiger partial charge in [0.05, 0.1) is 18.1 Å². The fraction of sp³-hybridized carbons (Fsp3) is 0.385. The van der Waals surface area contributed by atoms with Gasteiger partial charge in [0.15, 0.2) is 11.6 Å². The average molecular weight is 545 g/mol. The molecule has 0 saturated carbocycles. The van der Waals surface area contributed by atoms with Crippen LogP contribution in [-0.4, -0.2) is 58.2 Å². The van der Waals surface area contributed by atoms with E-state index >= 15 is 0 Å². The first-order valence-electron chi connectivity index (χ1n) is 11.9. The number of piperazine rings is 1. The van der Waals surface area contributed by atoms with Gasteiger partial charge in [-0.25, -0.2) is 19.7 Å². The Bertz CT molecular complexity index is 1230. The Kier molecular flexibility index (Phi) is 8.49. The molecule has 0 spiro atoms. The van der Waals surface area contributed by atoms with E-state index in [2.05, 4.69) is 25.6 Å². The summed E-state index contributed by atoms with van der Waals surface area (Å²) < 4.78 is 11.6. The third kappa shape index (κ3) is 7.29. The first-order valence-corrected chi connectivity index (χ1v) is 12.7. The van der Waals surface area contributed by atoms with Gasteiger partial charge in [0, 0.05) is 47.9 Å². The molecule has 1 aliphatic rings. The molecule has 0 bridgehead atoms. The zero-order valence-electron chi connectivity index (χ0n) is 21.2. The molecule has 1 unspecified atom stereocenters. The lowest BCUT2D eigenvalue weighted by molar-refractivity contribution is 0.0108. The van der Waals surface area contributed by atoms with Gasteiger partial charge in [-0.3, -0.25) is 4.90 Å². The van der Waals surface area contributed by atoms with Crippen LogP contribution in [0.4, 0.5) is 4.79 Å². The average Bonchev–Trinajstić information content (AvgIpc) is 2.83. The third-order valence-corrected chi connectivity index (χ3v) is 5.88. The van der Waals surface area contributed by atoms with Crippen molar-refractivity contribution in [2.45, 2.75) is 39.0 Å². The lowest BCUT2D eigenvalue weighted by atomic mass is 10.1. The highest BCUT2D eigenvalue weighted by atomic mass is 35.5. The van der Waals surface area contributed by atoms with Gasteiger partial charge in [-0.05, 0) is 57.6 Å². The first-order chi connectivity index (χ1) is 17.6. The van der Waals surface area contributed by atoms with Crippen LogP contribution >= 0.6 is 23.2 Å². The molecule has 37 heavy (non-hydrogen) atoms. The van der Waals surface area contributed by atoms with E-state index in [9.17, 15) is 4.79 Å². The van der Waals surface area contributed by atoms with Gasteiger partial charge in [0.2, 0.25) is 5.88 Å². The van der Waals surface area contributed by atoms with E-state index in [0.29, 0.717) is 59.4 Å².